The van der Waals surface area contributed by atoms with E-state index in [-0.39, 0.29) is 0 Å². The Morgan fingerprint density at radius 2 is 2.19 bits per heavy atom. The number of aromatic nitrogens is 2. The van der Waals surface area contributed by atoms with Crippen molar-refractivity contribution in [2.45, 2.75) is 20.0 Å². The first-order valence-electron chi connectivity index (χ1n) is 6.57. The number of ether oxygens (including phenoxy) is 2. The zero-order chi connectivity index (χ0) is 15.4. The molecule has 1 heterocycles. The minimum absolute atomic E-state index is 0.297. The molecular formula is C15H17BrN2O3. The van der Waals surface area contributed by atoms with Gasteiger partial charge in [-0.2, -0.15) is 5.10 Å². The van der Waals surface area contributed by atoms with E-state index in [4.69, 9.17) is 9.47 Å². The van der Waals surface area contributed by atoms with Gasteiger partial charge in [-0.3, -0.25) is 9.48 Å². The average molecular weight is 353 g/mol. The second-order valence-electron chi connectivity index (χ2n) is 4.47. The predicted octanol–water partition coefficient (Wildman–Crippen LogP) is 3.15. The van der Waals surface area contributed by atoms with Gasteiger partial charge in [0.05, 0.1) is 28.5 Å². The fourth-order valence-corrected chi connectivity index (χ4v) is 2.79. The van der Waals surface area contributed by atoms with Crippen LogP contribution in [0.4, 0.5) is 0 Å². The molecule has 6 heteroatoms. The van der Waals surface area contributed by atoms with Crippen LogP contribution in [0.2, 0.25) is 0 Å². The monoisotopic (exact) mass is 352 g/mol. The van der Waals surface area contributed by atoms with E-state index in [1.165, 1.54) is 0 Å². The van der Waals surface area contributed by atoms with E-state index in [0.717, 1.165) is 28.6 Å². The standard InChI is InChI=1S/C15H17BrN2O3/c1-4-11-14(16)12(18(2)17-11)9-21-15-10(8-19)6-5-7-13(15)20-3/h5-8H,4,9H2,1-3H3. The van der Waals surface area contributed by atoms with Crippen LogP contribution in [-0.4, -0.2) is 23.2 Å². The summed E-state index contributed by atoms with van der Waals surface area (Å²) in [5, 5.41) is 4.42. The molecule has 0 bridgehead atoms. The van der Waals surface area contributed by atoms with Crippen molar-refractivity contribution in [3.05, 3.63) is 39.6 Å². The molecule has 0 fully saturated rings. The molecular weight excluding hydrogens is 336 g/mol. The number of benzene rings is 1. The molecule has 2 aromatic rings. The van der Waals surface area contributed by atoms with Gasteiger partial charge in [0.15, 0.2) is 17.8 Å². The Kier molecular flexibility index (Phi) is 5.01. The summed E-state index contributed by atoms with van der Waals surface area (Å²) in [5.74, 6) is 0.981. The van der Waals surface area contributed by atoms with Crippen LogP contribution in [0.15, 0.2) is 22.7 Å². The zero-order valence-electron chi connectivity index (χ0n) is 12.2. The van der Waals surface area contributed by atoms with Crippen molar-refractivity contribution < 1.29 is 14.3 Å². The average Bonchev–Trinajstić information content (AvgIpc) is 2.78. The number of aryl methyl sites for hydroxylation is 2. The van der Waals surface area contributed by atoms with E-state index in [1.54, 1.807) is 30.0 Å². The predicted molar refractivity (Wildman–Crippen MR) is 83.0 cm³/mol. The second-order valence-corrected chi connectivity index (χ2v) is 5.26. The largest absolute Gasteiger partial charge is 0.493 e. The van der Waals surface area contributed by atoms with Crippen LogP contribution in [0.1, 0.15) is 28.7 Å². The number of para-hydroxylation sites is 1. The van der Waals surface area contributed by atoms with E-state index < -0.39 is 0 Å². The highest BCUT2D eigenvalue weighted by molar-refractivity contribution is 9.10. The minimum atomic E-state index is 0.297. The molecule has 0 saturated carbocycles. The van der Waals surface area contributed by atoms with Gasteiger partial charge in [0.25, 0.3) is 0 Å². The molecule has 0 N–H and O–H groups in total. The molecule has 1 aromatic carbocycles. The summed E-state index contributed by atoms with van der Waals surface area (Å²) in [5.41, 5.74) is 2.35. The third-order valence-corrected chi connectivity index (χ3v) is 4.13. The number of carbonyl (C=O) groups is 1. The van der Waals surface area contributed by atoms with Crippen LogP contribution in [-0.2, 0) is 20.1 Å². The number of hydrogen-bond acceptors (Lipinski definition) is 4. The molecule has 0 spiro atoms. The molecule has 112 valence electrons. The van der Waals surface area contributed by atoms with E-state index in [2.05, 4.69) is 21.0 Å². The second kappa shape index (κ2) is 6.76. The molecule has 0 aliphatic rings. The van der Waals surface area contributed by atoms with Crippen molar-refractivity contribution in [1.29, 1.82) is 0 Å². The Hall–Kier alpha value is -1.82. The van der Waals surface area contributed by atoms with Gasteiger partial charge in [0.2, 0.25) is 0 Å². The highest BCUT2D eigenvalue weighted by Crippen LogP contribution is 2.31. The maximum Gasteiger partial charge on any atom is 0.172 e. The summed E-state index contributed by atoms with van der Waals surface area (Å²) in [7, 11) is 3.41. The normalized spacial score (nSPS) is 10.5. The van der Waals surface area contributed by atoms with Gasteiger partial charge in [-0.1, -0.05) is 13.0 Å². The third kappa shape index (κ3) is 3.10. The molecule has 0 saturated heterocycles. The van der Waals surface area contributed by atoms with Gasteiger partial charge in [-0.05, 0) is 34.5 Å². The topological polar surface area (TPSA) is 53.4 Å². The van der Waals surface area contributed by atoms with Crippen LogP contribution in [0.25, 0.3) is 0 Å². The molecule has 0 aliphatic heterocycles. The van der Waals surface area contributed by atoms with E-state index in [0.29, 0.717) is 23.7 Å². The molecule has 0 aliphatic carbocycles. The smallest absolute Gasteiger partial charge is 0.172 e. The molecule has 2 rings (SSSR count). The molecule has 0 amide bonds. The van der Waals surface area contributed by atoms with Crippen LogP contribution < -0.4 is 9.47 Å². The summed E-state index contributed by atoms with van der Waals surface area (Å²) < 4.78 is 13.8. The van der Waals surface area contributed by atoms with Crippen LogP contribution in [0, 0.1) is 0 Å². The van der Waals surface area contributed by atoms with Gasteiger partial charge in [0, 0.05) is 7.05 Å². The Balaban J connectivity index is 2.28. The van der Waals surface area contributed by atoms with Gasteiger partial charge in [-0.15, -0.1) is 0 Å². The maximum absolute atomic E-state index is 11.1. The summed E-state index contributed by atoms with van der Waals surface area (Å²) >= 11 is 3.54. The van der Waals surface area contributed by atoms with E-state index in [1.807, 2.05) is 14.0 Å². The van der Waals surface area contributed by atoms with Gasteiger partial charge in [-0.25, -0.2) is 0 Å². The molecule has 0 atom stereocenters. The maximum atomic E-state index is 11.1. The number of methoxy groups -OCH3 is 1. The molecule has 0 unspecified atom stereocenters. The highest BCUT2D eigenvalue weighted by Gasteiger charge is 2.15. The minimum Gasteiger partial charge on any atom is -0.493 e. The van der Waals surface area contributed by atoms with Gasteiger partial charge in [0.1, 0.15) is 6.61 Å². The lowest BCUT2D eigenvalue weighted by atomic mass is 10.2. The van der Waals surface area contributed by atoms with E-state index >= 15 is 0 Å². The molecule has 21 heavy (non-hydrogen) atoms. The van der Waals surface area contributed by atoms with Crippen LogP contribution in [0.5, 0.6) is 11.5 Å². The summed E-state index contributed by atoms with van der Waals surface area (Å²) in [6.07, 6.45) is 1.59. The molecule has 5 nitrogen and oxygen atoms in total. The Bertz CT molecular complexity index is 653. The van der Waals surface area contributed by atoms with Crippen LogP contribution in [0.3, 0.4) is 0 Å². The third-order valence-electron chi connectivity index (χ3n) is 3.21. The number of hydrogen-bond donors (Lipinski definition) is 0. The summed E-state index contributed by atoms with van der Waals surface area (Å²) in [4.78, 5) is 11.1. The van der Waals surface area contributed by atoms with Crippen molar-refractivity contribution >= 4 is 22.2 Å². The number of rotatable bonds is 6. The molecule has 0 radical (unpaired) electrons. The number of carbonyl (C=O) groups excluding carboxylic acids is 1. The lowest BCUT2D eigenvalue weighted by molar-refractivity contribution is 0.111. The lowest BCUT2D eigenvalue weighted by Crippen LogP contribution is -2.06. The number of halogens is 1. The summed E-state index contributed by atoms with van der Waals surface area (Å²) in [6.45, 7) is 2.34. The first kappa shape index (κ1) is 15.6. The SMILES string of the molecule is CCc1nn(C)c(COc2c(C=O)cccc2OC)c1Br. The lowest BCUT2D eigenvalue weighted by Gasteiger charge is -2.12. The van der Waals surface area contributed by atoms with Crippen LogP contribution >= 0.6 is 15.9 Å². The first-order chi connectivity index (χ1) is 10.1. The Labute approximate surface area is 132 Å². The number of nitrogens with zero attached hydrogens (tertiary/aromatic N) is 2. The van der Waals surface area contributed by atoms with Crippen molar-refractivity contribution in [3.8, 4) is 11.5 Å². The first-order valence-corrected chi connectivity index (χ1v) is 7.36. The fourth-order valence-electron chi connectivity index (χ4n) is 2.06. The van der Waals surface area contributed by atoms with Gasteiger partial charge < -0.3 is 9.47 Å². The molecule has 1 aromatic heterocycles. The van der Waals surface area contributed by atoms with Crippen molar-refractivity contribution in [2.24, 2.45) is 7.05 Å². The van der Waals surface area contributed by atoms with Crippen molar-refractivity contribution in [3.63, 3.8) is 0 Å². The Morgan fingerprint density at radius 1 is 1.43 bits per heavy atom. The Morgan fingerprint density at radius 3 is 2.76 bits per heavy atom. The van der Waals surface area contributed by atoms with E-state index in [9.17, 15) is 4.79 Å². The quantitative estimate of drug-likeness (QED) is 0.749. The zero-order valence-corrected chi connectivity index (χ0v) is 13.8. The number of aldehydes is 1. The van der Waals surface area contributed by atoms with Crippen molar-refractivity contribution in [2.75, 3.05) is 7.11 Å². The van der Waals surface area contributed by atoms with Crippen molar-refractivity contribution in [1.82, 2.24) is 9.78 Å². The fraction of sp³-hybridized carbons (Fsp3) is 0.333. The van der Waals surface area contributed by atoms with Gasteiger partial charge >= 0.3 is 0 Å². The summed E-state index contributed by atoms with van der Waals surface area (Å²) in [6, 6.07) is 5.21. The highest BCUT2D eigenvalue weighted by atomic mass is 79.9.